The van der Waals surface area contributed by atoms with Crippen LogP contribution in [0.5, 0.6) is 5.75 Å². The summed E-state index contributed by atoms with van der Waals surface area (Å²) in [5.74, 6) is -0.179. The fourth-order valence-corrected chi connectivity index (χ4v) is 3.18. The third-order valence-electron chi connectivity index (χ3n) is 4.03. The number of rotatable bonds is 4. The molecule has 1 atom stereocenters. The molecule has 0 saturated heterocycles. The lowest BCUT2D eigenvalue weighted by molar-refractivity contribution is 0.454. The molecule has 0 aliphatic rings. The third kappa shape index (κ3) is 2.85. The van der Waals surface area contributed by atoms with E-state index in [2.05, 4.69) is 10.2 Å². The fraction of sp³-hybridized carbons (Fsp3) is 0.250. The molecule has 2 aromatic carbocycles. The Balaban J connectivity index is 2.31. The van der Waals surface area contributed by atoms with Crippen LogP contribution >= 0.6 is 0 Å². The summed E-state index contributed by atoms with van der Waals surface area (Å²) >= 11 is 0. The topological polar surface area (TPSA) is 105 Å². The molecule has 0 spiro atoms. The summed E-state index contributed by atoms with van der Waals surface area (Å²) < 4.78 is 33.0. The quantitative estimate of drug-likeness (QED) is 0.703. The maximum Gasteiger partial charge on any atom is 0.296 e. The van der Waals surface area contributed by atoms with Crippen molar-refractivity contribution in [3.05, 3.63) is 42.0 Å². The van der Waals surface area contributed by atoms with Gasteiger partial charge < -0.3 is 5.11 Å². The molecule has 1 unspecified atom stereocenters. The van der Waals surface area contributed by atoms with Crippen LogP contribution in [-0.4, -0.2) is 33.1 Å². The molecule has 3 aromatic rings. The molecule has 1 heterocycles. The van der Waals surface area contributed by atoms with Crippen molar-refractivity contribution in [2.45, 2.75) is 31.1 Å². The van der Waals surface area contributed by atoms with Gasteiger partial charge in [-0.1, -0.05) is 26.0 Å². The summed E-state index contributed by atoms with van der Waals surface area (Å²) in [4.78, 5) is 0.728. The second kappa shape index (κ2) is 5.88. The van der Waals surface area contributed by atoms with Gasteiger partial charge in [0.05, 0.1) is 0 Å². The first-order chi connectivity index (χ1) is 11.3. The lowest BCUT2D eigenvalue weighted by Gasteiger charge is -2.15. The van der Waals surface area contributed by atoms with Crippen molar-refractivity contribution in [1.82, 2.24) is 15.0 Å². The molecular formula is C16H17N3O4S. The summed E-state index contributed by atoms with van der Waals surface area (Å²) in [6, 6.07) is 9.65. The Morgan fingerprint density at radius 1 is 1.17 bits per heavy atom. The largest absolute Gasteiger partial charge is 0.508 e. The standard InChI is InChI=1S/C16H17N3O4S/c1-3-10(2)11-8-14(16(9-15(11)20)24(21,22)23)19-17-12-6-4-5-7-13(12)18-19/h4-10,20H,3H2,1-2H3,(H,21,22,23). The highest BCUT2D eigenvalue weighted by Crippen LogP contribution is 2.34. The average Bonchev–Trinajstić information content (AvgIpc) is 2.96. The SMILES string of the molecule is CCC(C)c1cc(-n2nc3ccccc3n2)c(S(=O)(=O)O)cc1O. The van der Waals surface area contributed by atoms with Crippen LogP contribution in [0.25, 0.3) is 16.7 Å². The van der Waals surface area contributed by atoms with Crippen LogP contribution in [0.1, 0.15) is 31.7 Å². The molecule has 0 amide bonds. The Morgan fingerprint density at radius 2 is 1.75 bits per heavy atom. The maximum atomic E-state index is 11.7. The van der Waals surface area contributed by atoms with Gasteiger partial charge in [-0.15, -0.1) is 15.0 Å². The Bertz CT molecular complexity index is 978. The van der Waals surface area contributed by atoms with E-state index in [0.29, 0.717) is 16.6 Å². The molecule has 0 saturated carbocycles. The second-order valence-electron chi connectivity index (χ2n) is 5.64. The van der Waals surface area contributed by atoms with Crippen molar-refractivity contribution in [2.24, 2.45) is 0 Å². The van der Waals surface area contributed by atoms with Gasteiger partial charge in [0.2, 0.25) is 0 Å². The van der Waals surface area contributed by atoms with Crippen LogP contribution in [0.4, 0.5) is 0 Å². The van der Waals surface area contributed by atoms with E-state index in [0.717, 1.165) is 12.5 Å². The lowest BCUT2D eigenvalue weighted by Crippen LogP contribution is -2.10. The van der Waals surface area contributed by atoms with Crippen molar-refractivity contribution in [3.63, 3.8) is 0 Å². The Morgan fingerprint density at radius 3 is 2.25 bits per heavy atom. The Hall–Kier alpha value is -2.45. The summed E-state index contributed by atoms with van der Waals surface area (Å²) in [5.41, 5.74) is 1.86. The van der Waals surface area contributed by atoms with Crippen LogP contribution in [0.3, 0.4) is 0 Å². The molecule has 8 heteroatoms. The number of aromatic hydroxyl groups is 1. The molecule has 0 radical (unpaired) electrons. The fourth-order valence-electron chi connectivity index (χ4n) is 2.52. The molecule has 24 heavy (non-hydrogen) atoms. The van der Waals surface area contributed by atoms with Gasteiger partial charge in [0.1, 0.15) is 27.4 Å². The third-order valence-corrected chi connectivity index (χ3v) is 4.91. The maximum absolute atomic E-state index is 11.7. The van der Waals surface area contributed by atoms with Crippen LogP contribution in [0.15, 0.2) is 41.3 Å². The van der Waals surface area contributed by atoms with Crippen molar-refractivity contribution >= 4 is 21.2 Å². The van der Waals surface area contributed by atoms with E-state index in [9.17, 15) is 18.1 Å². The van der Waals surface area contributed by atoms with Gasteiger partial charge >= 0.3 is 0 Å². The minimum atomic E-state index is -4.55. The van der Waals surface area contributed by atoms with Gasteiger partial charge in [0.25, 0.3) is 10.1 Å². The van der Waals surface area contributed by atoms with Gasteiger partial charge in [-0.3, -0.25) is 4.55 Å². The Kier molecular flexibility index (Phi) is 4.02. The number of fused-ring (bicyclic) bond motifs is 1. The van der Waals surface area contributed by atoms with E-state index >= 15 is 0 Å². The highest BCUT2D eigenvalue weighted by Gasteiger charge is 2.23. The van der Waals surface area contributed by atoms with E-state index in [-0.39, 0.29) is 17.4 Å². The summed E-state index contributed by atoms with van der Waals surface area (Å²) in [7, 11) is -4.55. The lowest BCUT2D eigenvalue weighted by atomic mass is 9.97. The number of phenolic OH excluding ortho intramolecular Hbond substituents is 1. The number of benzene rings is 2. The van der Waals surface area contributed by atoms with E-state index in [4.69, 9.17) is 0 Å². The van der Waals surface area contributed by atoms with Crippen molar-refractivity contribution in [3.8, 4) is 11.4 Å². The molecule has 0 aliphatic carbocycles. The van der Waals surface area contributed by atoms with Crippen LogP contribution in [0, 0.1) is 0 Å². The normalized spacial score (nSPS) is 13.3. The zero-order chi connectivity index (χ0) is 17.5. The van der Waals surface area contributed by atoms with Crippen molar-refractivity contribution in [1.29, 1.82) is 0 Å². The molecule has 0 fully saturated rings. The zero-order valence-corrected chi connectivity index (χ0v) is 14.0. The number of hydrogen-bond donors (Lipinski definition) is 2. The van der Waals surface area contributed by atoms with E-state index in [1.54, 1.807) is 24.3 Å². The first kappa shape index (κ1) is 16.4. The summed E-state index contributed by atoms with van der Waals surface area (Å²) in [6.07, 6.45) is 0.757. The first-order valence-electron chi connectivity index (χ1n) is 7.48. The molecule has 126 valence electrons. The number of phenols is 1. The minimum Gasteiger partial charge on any atom is -0.508 e. The number of nitrogens with zero attached hydrogens (tertiary/aromatic N) is 3. The predicted molar refractivity (Wildman–Crippen MR) is 89.1 cm³/mol. The molecule has 0 aliphatic heterocycles. The summed E-state index contributed by atoms with van der Waals surface area (Å²) in [6.45, 7) is 3.87. The molecule has 3 rings (SSSR count). The van der Waals surface area contributed by atoms with E-state index in [1.807, 2.05) is 13.8 Å². The molecule has 7 nitrogen and oxygen atoms in total. The Labute approximate surface area is 139 Å². The average molecular weight is 347 g/mol. The highest BCUT2D eigenvalue weighted by molar-refractivity contribution is 7.86. The van der Waals surface area contributed by atoms with Gasteiger partial charge in [0.15, 0.2) is 0 Å². The smallest absolute Gasteiger partial charge is 0.296 e. The van der Waals surface area contributed by atoms with E-state index in [1.165, 1.54) is 10.9 Å². The predicted octanol–water partition coefficient (Wildman–Crippen LogP) is 2.89. The van der Waals surface area contributed by atoms with Crippen molar-refractivity contribution in [2.75, 3.05) is 0 Å². The number of hydrogen-bond acceptors (Lipinski definition) is 5. The molecular weight excluding hydrogens is 330 g/mol. The van der Waals surface area contributed by atoms with Gasteiger partial charge in [-0.25, -0.2) is 0 Å². The zero-order valence-electron chi connectivity index (χ0n) is 13.2. The molecule has 1 aromatic heterocycles. The number of aromatic nitrogens is 3. The second-order valence-corrected chi connectivity index (χ2v) is 7.03. The first-order valence-corrected chi connectivity index (χ1v) is 8.92. The van der Waals surface area contributed by atoms with Gasteiger partial charge in [-0.05, 0) is 36.1 Å². The van der Waals surface area contributed by atoms with Gasteiger partial charge in [-0.2, -0.15) is 8.42 Å². The van der Waals surface area contributed by atoms with Crippen LogP contribution in [0.2, 0.25) is 0 Å². The molecule has 0 bridgehead atoms. The monoisotopic (exact) mass is 347 g/mol. The van der Waals surface area contributed by atoms with Crippen LogP contribution in [-0.2, 0) is 10.1 Å². The van der Waals surface area contributed by atoms with Crippen molar-refractivity contribution < 1.29 is 18.1 Å². The molecule has 2 N–H and O–H groups in total. The van der Waals surface area contributed by atoms with Gasteiger partial charge in [0, 0.05) is 6.07 Å². The summed E-state index contributed by atoms with van der Waals surface area (Å²) in [5, 5.41) is 18.7. The van der Waals surface area contributed by atoms with E-state index < -0.39 is 15.0 Å². The van der Waals surface area contributed by atoms with Crippen LogP contribution < -0.4 is 0 Å². The highest BCUT2D eigenvalue weighted by atomic mass is 32.2. The minimum absolute atomic E-state index is 0.00387.